The summed E-state index contributed by atoms with van der Waals surface area (Å²) in [4.78, 5) is 42.8. The summed E-state index contributed by atoms with van der Waals surface area (Å²) >= 11 is -5.69. The molecule has 0 fully saturated rings. The lowest BCUT2D eigenvalue weighted by molar-refractivity contribution is -1.92. The van der Waals surface area contributed by atoms with Gasteiger partial charge in [0.25, 0.3) is 0 Å². The minimum absolute atomic E-state index is 0.230. The van der Waals surface area contributed by atoms with Crippen molar-refractivity contribution < 1.29 is 58.1 Å². The van der Waals surface area contributed by atoms with Gasteiger partial charge in [0.15, 0.2) is 0 Å². The van der Waals surface area contributed by atoms with Gasteiger partial charge in [0.2, 0.25) is 17.7 Å². The van der Waals surface area contributed by atoms with Crippen molar-refractivity contribution in [3.63, 3.8) is 0 Å². The van der Waals surface area contributed by atoms with Crippen LogP contribution in [0.15, 0.2) is 0 Å². The van der Waals surface area contributed by atoms with Crippen LogP contribution in [0.2, 0.25) is 0 Å². The predicted molar refractivity (Wildman–Crippen MR) is 57.9 cm³/mol. The van der Waals surface area contributed by atoms with Crippen molar-refractivity contribution in [2.45, 2.75) is 0 Å². The summed E-state index contributed by atoms with van der Waals surface area (Å²) in [6.07, 6.45) is 0. The second kappa shape index (κ2) is 12.0. The summed E-state index contributed by atoms with van der Waals surface area (Å²) in [5, 5.41) is 14.7. The number of carbonyl (C=O) groups is 4. The number of carbonyl (C=O) groups excluding carboxylic acids is 3. The molecule has 0 rings (SSSR count). The van der Waals surface area contributed by atoms with E-state index in [1.54, 1.807) is 0 Å². The molecule has 22 heavy (non-hydrogen) atoms. The fourth-order valence-corrected chi connectivity index (χ4v) is 0.729. The van der Waals surface area contributed by atoms with E-state index in [1.807, 2.05) is 0 Å². The molecule has 0 aliphatic rings. The van der Waals surface area contributed by atoms with Crippen LogP contribution in [0.25, 0.3) is 0 Å². The topological polar surface area (TPSA) is 240 Å². The molecule has 0 aromatic heterocycles. The molecule has 0 saturated heterocycles. The van der Waals surface area contributed by atoms with Gasteiger partial charge in [-0.3, -0.25) is 29.5 Å². The van der Waals surface area contributed by atoms with Crippen molar-refractivity contribution in [3.05, 3.63) is 0 Å². The first kappa shape index (κ1) is 22.7. The van der Waals surface area contributed by atoms with Gasteiger partial charge in [0, 0.05) is 3.44 Å². The first-order chi connectivity index (χ1) is 9.95. The summed E-state index contributed by atoms with van der Waals surface area (Å²) < 4.78 is 33.2. The number of rotatable bonds is 7. The Hall–Kier alpha value is -1.59. The van der Waals surface area contributed by atoms with Crippen molar-refractivity contribution in [2.24, 2.45) is 5.73 Å². The summed E-state index contributed by atoms with van der Waals surface area (Å²) in [6, 6.07) is 0. The number of nitrogens with two attached hydrogens (primary N) is 1. The number of carboxylic acids is 1. The van der Waals surface area contributed by atoms with Crippen LogP contribution in [0.3, 0.4) is 0 Å². The van der Waals surface area contributed by atoms with Crippen molar-refractivity contribution in [2.75, 3.05) is 26.2 Å². The van der Waals surface area contributed by atoms with Crippen LogP contribution in [-0.4, -0.2) is 58.4 Å². The first-order valence-electron chi connectivity index (χ1n) is 5.31. The Kier molecular flexibility index (Phi) is 12.4. The molecule has 0 saturated carbocycles. The van der Waals surface area contributed by atoms with Crippen LogP contribution in [0.4, 0.5) is 0 Å². The average Bonchev–Trinajstić information content (AvgIpc) is 2.38. The molecule has 14 heteroatoms. The van der Waals surface area contributed by atoms with Gasteiger partial charge < -0.3 is 26.8 Å². The van der Waals surface area contributed by atoms with Crippen molar-refractivity contribution in [3.8, 4) is 0 Å². The molecule has 0 aromatic carbocycles. The zero-order valence-electron chi connectivity index (χ0n) is 11.0. The normalized spacial score (nSPS) is 9.86. The molecule has 128 valence electrons. The van der Waals surface area contributed by atoms with Crippen LogP contribution in [0.5, 0.6) is 0 Å². The summed E-state index contributed by atoms with van der Waals surface area (Å²) in [5.74, 6) is -2.88. The van der Waals surface area contributed by atoms with Crippen LogP contribution in [0.1, 0.15) is 0 Å². The highest BCUT2D eigenvalue weighted by molar-refractivity contribution is 5.89. The Labute approximate surface area is 130 Å². The highest BCUT2D eigenvalue weighted by Gasteiger charge is 2.12. The molecule has 13 nitrogen and oxygen atoms in total. The Bertz CT molecular complexity index is 392. The van der Waals surface area contributed by atoms with E-state index in [-0.39, 0.29) is 19.6 Å². The molecule has 0 atom stereocenters. The van der Waals surface area contributed by atoms with Crippen LogP contribution < -0.4 is 52.1 Å². The van der Waals surface area contributed by atoms with Crippen molar-refractivity contribution in [1.82, 2.24) is 16.0 Å². The Morgan fingerprint density at radius 1 is 0.864 bits per heavy atom. The van der Waals surface area contributed by atoms with Crippen molar-refractivity contribution >= 4 is 23.7 Å². The standard InChI is InChI=1S/C8H14N4O5.HIO4/c9-1-5(13)10-2-6(14)11-3-7(15)12-4-8(16)17;2-1(3,4)5/h1-4,9H2,(H,10,13)(H,11,14)(H,12,15)(H,16,17);2H. The maximum Gasteiger partial charge on any atom is 0.368 e. The third-order valence-corrected chi connectivity index (χ3v) is 1.51. The van der Waals surface area contributed by atoms with Gasteiger partial charge in [-0.25, -0.2) is 0 Å². The lowest BCUT2D eigenvalue weighted by Gasteiger charge is -2.06. The second-order valence-corrected chi connectivity index (χ2v) is 5.58. The fourth-order valence-electron chi connectivity index (χ4n) is 0.729. The Balaban J connectivity index is 0. The maximum absolute atomic E-state index is 11.0. The molecule has 3 amide bonds. The smallest absolute Gasteiger partial charge is 0.368 e. The minimum Gasteiger partial charge on any atom is -0.480 e. The molecule has 0 aliphatic heterocycles. The average molecular weight is 438 g/mol. The van der Waals surface area contributed by atoms with Gasteiger partial charge >= 0.3 is 26.1 Å². The fraction of sp³-hybridized carbons (Fsp3) is 0.500. The zero-order chi connectivity index (χ0) is 17.8. The van der Waals surface area contributed by atoms with E-state index in [2.05, 4.69) is 16.0 Å². The van der Waals surface area contributed by atoms with Gasteiger partial charge in [-0.15, -0.1) is 0 Å². The number of hydrogen-bond donors (Lipinski definition) is 6. The van der Waals surface area contributed by atoms with E-state index in [9.17, 15) is 19.2 Å². The van der Waals surface area contributed by atoms with Crippen LogP contribution >= 0.6 is 0 Å². The number of aliphatic carboxylic acids is 1. The molecule has 0 radical (unpaired) electrons. The molecule has 0 aromatic rings. The predicted octanol–water partition coefficient (Wildman–Crippen LogP) is -10.7. The lowest BCUT2D eigenvalue weighted by Crippen LogP contribution is -4.23. The van der Waals surface area contributed by atoms with Crippen molar-refractivity contribution in [1.29, 1.82) is 0 Å². The van der Waals surface area contributed by atoms with Gasteiger partial charge in [-0.1, -0.05) is 0 Å². The maximum atomic E-state index is 11.0. The number of halogens is 1. The summed E-state index contributed by atoms with van der Waals surface area (Å²) in [7, 11) is 0. The van der Waals surface area contributed by atoms with E-state index >= 15 is 0 Å². The lowest BCUT2D eigenvalue weighted by atomic mass is 10.5. The molecule has 0 bridgehead atoms. The quantitative estimate of drug-likeness (QED) is 0.205. The third kappa shape index (κ3) is 23.5. The number of carboxylic acid groups (broad SMARTS) is 1. The summed E-state index contributed by atoms with van der Waals surface area (Å²) in [6.45, 7) is -1.39. The highest BCUT2D eigenvalue weighted by Crippen LogP contribution is 1.69. The largest absolute Gasteiger partial charge is 0.480 e. The second-order valence-electron chi connectivity index (χ2n) is 3.32. The highest BCUT2D eigenvalue weighted by atomic mass is 127. The number of nitrogens with one attached hydrogen (secondary N) is 3. The number of amides is 3. The first-order valence-corrected chi connectivity index (χ1v) is 8.91. The molecule has 0 aliphatic carbocycles. The van der Waals surface area contributed by atoms with E-state index in [1.165, 1.54) is 0 Å². The van der Waals surface area contributed by atoms with E-state index < -0.39 is 50.3 Å². The molecule has 0 unspecified atom stereocenters. The van der Waals surface area contributed by atoms with E-state index in [0.717, 1.165) is 0 Å². The van der Waals surface area contributed by atoms with Gasteiger partial charge in [0.1, 0.15) is 6.54 Å². The Morgan fingerprint density at radius 2 is 1.18 bits per heavy atom. The molecular weight excluding hydrogens is 423 g/mol. The Morgan fingerprint density at radius 3 is 1.50 bits per heavy atom. The van der Waals surface area contributed by atoms with Crippen LogP contribution in [-0.2, 0) is 19.2 Å². The molecule has 0 spiro atoms. The SMILES string of the molecule is NCC(=O)NCC(=O)NCC(=O)NCC(=O)O.[O-][I+3]([O-])([O-])O. The molecule has 0 heterocycles. The van der Waals surface area contributed by atoms with E-state index in [0.29, 0.717) is 0 Å². The van der Waals surface area contributed by atoms with Gasteiger partial charge in [-0.2, -0.15) is 0 Å². The minimum atomic E-state index is -5.69. The third-order valence-electron chi connectivity index (χ3n) is 1.51. The van der Waals surface area contributed by atoms with Gasteiger partial charge in [0.05, 0.1) is 19.6 Å². The monoisotopic (exact) mass is 438 g/mol. The van der Waals surface area contributed by atoms with Crippen LogP contribution in [0, 0.1) is 0 Å². The molecular formula is C8H15IN4O9. The molecule has 7 N–H and O–H groups in total. The van der Waals surface area contributed by atoms with Gasteiger partial charge in [-0.05, 0) is 0 Å². The summed E-state index contributed by atoms with van der Waals surface area (Å²) in [5.41, 5.74) is 4.98. The zero-order valence-corrected chi connectivity index (χ0v) is 13.2. The number of hydrogen-bond acceptors (Lipinski definition) is 9. The van der Waals surface area contributed by atoms with E-state index in [4.69, 9.17) is 24.6 Å².